The maximum absolute atomic E-state index is 12.2. The number of hydrogen-bond donors (Lipinski definition) is 1. The van der Waals surface area contributed by atoms with E-state index in [1.54, 1.807) is 35.3 Å². The molecule has 0 unspecified atom stereocenters. The van der Waals surface area contributed by atoms with Crippen LogP contribution in [0.15, 0.2) is 79.4 Å². The minimum absolute atomic E-state index is 0.000925. The zero-order chi connectivity index (χ0) is 21.5. The topological polar surface area (TPSA) is 81.9 Å². The second-order valence-electron chi connectivity index (χ2n) is 7.10. The van der Waals surface area contributed by atoms with Crippen LogP contribution in [0.2, 0.25) is 0 Å². The van der Waals surface area contributed by atoms with Gasteiger partial charge in [-0.3, -0.25) is 9.36 Å². The van der Waals surface area contributed by atoms with E-state index >= 15 is 0 Å². The lowest BCUT2D eigenvalue weighted by Crippen LogP contribution is -2.11. The molecule has 0 bridgehead atoms. The Hall–Kier alpha value is -4.00. The second-order valence-corrected chi connectivity index (χ2v) is 7.10. The predicted molar refractivity (Wildman–Crippen MR) is 118 cm³/mol. The van der Waals surface area contributed by atoms with E-state index in [9.17, 15) is 4.79 Å². The monoisotopic (exact) mass is 413 g/mol. The summed E-state index contributed by atoms with van der Waals surface area (Å²) in [5.74, 6) is 2.34. The Balaban J connectivity index is 1.32. The highest BCUT2D eigenvalue weighted by molar-refractivity contribution is 5.90. The average Bonchev–Trinajstić information content (AvgIpc) is 3.31. The molecule has 7 nitrogen and oxygen atoms in total. The number of ether oxygens (including phenoxy) is 1. The lowest BCUT2D eigenvalue weighted by Gasteiger charge is -2.09. The number of anilines is 1. The van der Waals surface area contributed by atoms with E-state index in [1.807, 2.05) is 43.5 Å². The van der Waals surface area contributed by atoms with E-state index in [2.05, 4.69) is 32.4 Å². The van der Waals surface area contributed by atoms with Crippen molar-refractivity contribution in [3.63, 3.8) is 0 Å². The van der Waals surface area contributed by atoms with Crippen molar-refractivity contribution in [3.05, 3.63) is 90.8 Å². The van der Waals surface area contributed by atoms with Gasteiger partial charge in [0.25, 0.3) is 0 Å². The number of carbonyl (C=O) groups is 1. The third-order valence-corrected chi connectivity index (χ3v) is 4.64. The van der Waals surface area contributed by atoms with Crippen LogP contribution in [0.25, 0.3) is 5.82 Å². The predicted octanol–water partition coefficient (Wildman–Crippen LogP) is 4.72. The molecule has 1 N–H and O–H groups in total. The molecule has 2 aromatic carbocycles. The SMILES string of the molecule is Cc1nc(Oc2ccc(NC(=O)CCCc3ccccc3)cc2)cc(-n2ccnc2)n1. The van der Waals surface area contributed by atoms with Crippen molar-refractivity contribution < 1.29 is 9.53 Å². The summed E-state index contributed by atoms with van der Waals surface area (Å²) in [6.45, 7) is 1.81. The first-order valence-electron chi connectivity index (χ1n) is 10.1. The van der Waals surface area contributed by atoms with Gasteiger partial charge in [0, 0.05) is 30.6 Å². The van der Waals surface area contributed by atoms with Crippen LogP contribution in [0.4, 0.5) is 5.69 Å². The lowest BCUT2D eigenvalue weighted by molar-refractivity contribution is -0.116. The van der Waals surface area contributed by atoms with Crippen molar-refractivity contribution in [1.29, 1.82) is 0 Å². The van der Waals surface area contributed by atoms with Crippen LogP contribution in [0, 0.1) is 6.92 Å². The van der Waals surface area contributed by atoms with E-state index in [0.717, 1.165) is 18.5 Å². The van der Waals surface area contributed by atoms with Gasteiger partial charge < -0.3 is 10.1 Å². The third-order valence-electron chi connectivity index (χ3n) is 4.64. The zero-order valence-electron chi connectivity index (χ0n) is 17.2. The number of rotatable bonds is 8. The van der Waals surface area contributed by atoms with E-state index < -0.39 is 0 Å². The Morgan fingerprint density at radius 2 is 1.87 bits per heavy atom. The molecule has 2 heterocycles. The summed E-state index contributed by atoms with van der Waals surface area (Å²) in [6.07, 6.45) is 7.34. The average molecular weight is 413 g/mol. The van der Waals surface area contributed by atoms with Crippen LogP contribution in [0.3, 0.4) is 0 Å². The van der Waals surface area contributed by atoms with Gasteiger partial charge in [-0.1, -0.05) is 30.3 Å². The number of aryl methyl sites for hydroxylation is 2. The number of hydrogen-bond acceptors (Lipinski definition) is 5. The molecule has 1 amide bonds. The fraction of sp³-hybridized carbons (Fsp3) is 0.167. The summed E-state index contributed by atoms with van der Waals surface area (Å²) < 4.78 is 7.66. The molecule has 0 atom stereocenters. The number of benzene rings is 2. The largest absolute Gasteiger partial charge is 0.439 e. The molecule has 156 valence electrons. The van der Waals surface area contributed by atoms with Crippen molar-refractivity contribution in [1.82, 2.24) is 19.5 Å². The van der Waals surface area contributed by atoms with Gasteiger partial charge in [-0.2, -0.15) is 4.98 Å². The summed E-state index contributed by atoms with van der Waals surface area (Å²) in [5, 5.41) is 2.93. The van der Waals surface area contributed by atoms with Gasteiger partial charge in [-0.15, -0.1) is 0 Å². The smallest absolute Gasteiger partial charge is 0.224 e. The van der Waals surface area contributed by atoms with Crippen LogP contribution < -0.4 is 10.1 Å². The standard InChI is InChI=1S/C24H23N5O2/c1-18-26-22(29-15-14-25-17-29)16-24(27-18)31-21-12-10-20(11-13-21)28-23(30)9-5-8-19-6-3-2-4-7-19/h2-4,6-7,10-17H,5,8-9H2,1H3,(H,28,30). The van der Waals surface area contributed by atoms with E-state index in [4.69, 9.17) is 4.74 Å². The Kier molecular flexibility index (Phi) is 6.32. The van der Waals surface area contributed by atoms with Gasteiger partial charge in [0.15, 0.2) is 0 Å². The van der Waals surface area contributed by atoms with Gasteiger partial charge in [-0.05, 0) is 49.6 Å². The van der Waals surface area contributed by atoms with Gasteiger partial charge in [0.1, 0.15) is 23.7 Å². The normalized spacial score (nSPS) is 10.6. The Labute approximate surface area is 180 Å². The van der Waals surface area contributed by atoms with E-state index in [1.165, 1.54) is 5.56 Å². The molecule has 0 fully saturated rings. The number of imidazole rings is 1. The first-order chi connectivity index (χ1) is 15.2. The molecule has 4 aromatic rings. The molecule has 7 heteroatoms. The maximum atomic E-state index is 12.2. The Bertz CT molecular complexity index is 1130. The van der Waals surface area contributed by atoms with Crippen molar-refractivity contribution in [2.45, 2.75) is 26.2 Å². The summed E-state index contributed by atoms with van der Waals surface area (Å²) >= 11 is 0. The summed E-state index contributed by atoms with van der Waals surface area (Å²) in [5.41, 5.74) is 1.97. The van der Waals surface area contributed by atoms with E-state index in [0.29, 0.717) is 29.7 Å². The lowest BCUT2D eigenvalue weighted by atomic mass is 10.1. The zero-order valence-corrected chi connectivity index (χ0v) is 17.2. The fourth-order valence-electron chi connectivity index (χ4n) is 3.15. The fourth-order valence-corrected chi connectivity index (χ4v) is 3.15. The maximum Gasteiger partial charge on any atom is 0.224 e. The van der Waals surface area contributed by atoms with Crippen LogP contribution in [0.5, 0.6) is 11.6 Å². The molecule has 0 radical (unpaired) electrons. The molecule has 31 heavy (non-hydrogen) atoms. The minimum atomic E-state index is 0.000925. The molecular weight excluding hydrogens is 390 g/mol. The third kappa shape index (κ3) is 5.76. The molecule has 0 saturated carbocycles. The summed E-state index contributed by atoms with van der Waals surface area (Å²) in [7, 11) is 0. The summed E-state index contributed by atoms with van der Waals surface area (Å²) in [6, 6.07) is 19.2. The molecule has 4 rings (SSSR count). The van der Waals surface area contributed by atoms with Crippen molar-refractivity contribution in [2.24, 2.45) is 0 Å². The number of carbonyl (C=O) groups excluding carboxylic acids is 1. The number of amides is 1. The first kappa shape index (κ1) is 20.3. The van der Waals surface area contributed by atoms with Gasteiger partial charge in [-0.25, -0.2) is 9.97 Å². The van der Waals surface area contributed by atoms with E-state index in [-0.39, 0.29) is 5.91 Å². The molecule has 0 saturated heterocycles. The molecule has 0 aliphatic heterocycles. The Morgan fingerprint density at radius 1 is 1.06 bits per heavy atom. The van der Waals surface area contributed by atoms with Gasteiger partial charge in [0.2, 0.25) is 11.8 Å². The first-order valence-corrected chi connectivity index (χ1v) is 10.1. The van der Waals surface area contributed by atoms with Gasteiger partial charge >= 0.3 is 0 Å². The Morgan fingerprint density at radius 3 is 2.61 bits per heavy atom. The van der Waals surface area contributed by atoms with Crippen LogP contribution in [-0.4, -0.2) is 25.4 Å². The highest BCUT2D eigenvalue weighted by Crippen LogP contribution is 2.23. The summed E-state index contributed by atoms with van der Waals surface area (Å²) in [4.78, 5) is 25.0. The molecule has 0 aliphatic carbocycles. The number of nitrogens with one attached hydrogen (secondary N) is 1. The van der Waals surface area contributed by atoms with Crippen LogP contribution >= 0.6 is 0 Å². The minimum Gasteiger partial charge on any atom is -0.439 e. The highest BCUT2D eigenvalue weighted by atomic mass is 16.5. The van der Waals surface area contributed by atoms with Crippen molar-refractivity contribution >= 4 is 11.6 Å². The van der Waals surface area contributed by atoms with Crippen molar-refractivity contribution in [3.8, 4) is 17.4 Å². The highest BCUT2D eigenvalue weighted by Gasteiger charge is 2.07. The van der Waals surface area contributed by atoms with Crippen LogP contribution in [-0.2, 0) is 11.2 Å². The van der Waals surface area contributed by atoms with Crippen LogP contribution in [0.1, 0.15) is 24.2 Å². The number of nitrogens with zero attached hydrogens (tertiary/aromatic N) is 4. The molecule has 0 aliphatic rings. The van der Waals surface area contributed by atoms with Crippen molar-refractivity contribution in [2.75, 3.05) is 5.32 Å². The molecule has 0 spiro atoms. The number of aromatic nitrogens is 4. The molecular formula is C24H23N5O2. The second kappa shape index (κ2) is 9.67. The molecule has 2 aromatic heterocycles. The quantitative estimate of drug-likeness (QED) is 0.452. The van der Waals surface area contributed by atoms with Gasteiger partial charge in [0.05, 0.1) is 0 Å².